The number of carbonyl (C=O) groups is 1. The number of anilines is 1. The van der Waals surface area contributed by atoms with Crippen molar-refractivity contribution in [1.82, 2.24) is 5.32 Å². The van der Waals surface area contributed by atoms with Gasteiger partial charge in [-0.25, -0.2) is 8.42 Å². The van der Waals surface area contributed by atoms with E-state index in [2.05, 4.69) is 5.32 Å². The highest BCUT2D eigenvalue weighted by molar-refractivity contribution is 7.92. The average molecular weight is 421 g/mol. The highest BCUT2D eigenvalue weighted by Gasteiger charge is 2.28. The van der Waals surface area contributed by atoms with Crippen molar-refractivity contribution >= 4 is 33.2 Å². The van der Waals surface area contributed by atoms with Crippen LogP contribution in [0.25, 0.3) is 0 Å². The third-order valence-electron chi connectivity index (χ3n) is 5.06. The van der Waals surface area contributed by atoms with Crippen molar-refractivity contribution in [3.8, 4) is 0 Å². The van der Waals surface area contributed by atoms with E-state index in [-0.39, 0.29) is 23.4 Å². The van der Waals surface area contributed by atoms with E-state index >= 15 is 0 Å². The Labute approximate surface area is 171 Å². The van der Waals surface area contributed by atoms with E-state index in [1.807, 2.05) is 13.8 Å². The number of halogens is 1. The fraction of sp³-hybridized carbons (Fsp3) is 0.381. The van der Waals surface area contributed by atoms with Gasteiger partial charge in [0.1, 0.15) is 6.54 Å². The highest BCUT2D eigenvalue weighted by Crippen LogP contribution is 2.28. The molecule has 0 aliphatic heterocycles. The zero-order valence-electron chi connectivity index (χ0n) is 16.1. The van der Waals surface area contributed by atoms with Gasteiger partial charge in [-0.3, -0.25) is 9.10 Å². The number of carbonyl (C=O) groups excluding carboxylic acids is 1. The number of hydrogen-bond acceptors (Lipinski definition) is 3. The lowest BCUT2D eigenvalue weighted by atomic mass is 10.2. The summed E-state index contributed by atoms with van der Waals surface area (Å²) in [5.41, 5.74) is 2.18. The summed E-state index contributed by atoms with van der Waals surface area (Å²) in [5.74, 6) is -0.306. The van der Waals surface area contributed by atoms with Crippen LogP contribution in [0, 0.1) is 13.8 Å². The van der Waals surface area contributed by atoms with Crippen LogP contribution in [0.1, 0.15) is 36.8 Å². The maximum absolute atomic E-state index is 13.3. The van der Waals surface area contributed by atoms with Crippen molar-refractivity contribution in [3.63, 3.8) is 0 Å². The van der Waals surface area contributed by atoms with E-state index in [4.69, 9.17) is 11.6 Å². The number of benzene rings is 2. The van der Waals surface area contributed by atoms with E-state index in [1.165, 1.54) is 0 Å². The topological polar surface area (TPSA) is 66.5 Å². The Morgan fingerprint density at radius 3 is 2.36 bits per heavy atom. The molecule has 1 fully saturated rings. The van der Waals surface area contributed by atoms with E-state index in [0.717, 1.165) is 41.1 Å². The summed E-state index contributed by atoms with van der Waals surface area (Å²) in [7, 11) is -3.92. The van der Waals surface area contributed by atoms with Crippen molar-refractivity contribution in [2.75, 3.05) is 10.8 Å². The van der Waals surface area contributed by atoms with Crippen LogP contribution in [0.15, 0.2) is 47.4 Å². The van der Waals surface area contributed by atoms with E-state index in [1.54, 1.807) is 42.5 Å². The molecule has 0 unspecified atom stereocenters. The lowest BCUT2D eigenvalue weighted by Gasteiger charge is -2.25. The Morgan fingerprint density at radius 2 is 1.75 bits per heavy atom. The Kier molecular flexibility index (Phi) is 6.30. The second kappa shape index (κ2) is 8.53. The van der Waals surface area contributed by atoms with Gasteiger partial charge in [-0.1, -0.05) is 48.2 Å². The smallest absolute Gasteiger partial charge is 0.264 e. The molecule has 0 atom stereocenters. The first-order valence-corrected chi connectivity index (χ1v) is 11.2. The zero-order chi connectivity index (χ0) is 20.3. The summed E-state index contributed by atoms with van der Waals surface area (Å²) in [6.45, 7) is 3.45. The SMILES string of the molecule is Cc1ccc(S(=O)(=O)N(CC(=O)NC2CCCC2)c2ccc(C)c(Cl)c2)cc1. The minimum absolute atomic E-state index is 0.123. The number of amides is 1. The van der Waals surface area contributed by atoms with Crippen molar-refractivity contribution in [2.45, 2.75) is 50.5 Å². The first-order chi connectivity index (χ1) is 13.3. The largest absolute Gasteiger partial charge is 0.352 e. The van der Waals surface area contributed by atoms with Gasteiger partial charge in [0, 0.05) is 11.1 Å². The molecule has 28 heavy (non-hydrogen) atoms. The summed E-state index contributed by atoms with van der Waals surface area (Å²) in [5, 5.41) is 3.42. The summed E-state index contributed by atoms with van der Waals surface area (Å²) in [6, 6.07) is 11.7. The molecule has 1 saturated carbocycles. The first-order valence-electron chi connectivity index (χ1n) is 9.42. The van der Waals surface area contributed by atoms with Crippen molar-refractivity contribution in [3.05, 3.63) is 58.6 Å². The maximum atomic E-state index is 13.3. The summed E-state index contributed by atoms with van der Waals surface area (Å²) >= 11 is 6.23. The molecular formula is C21H25ClN2O3S. The van der Waals surface area contributed by atoms with Crippen LogP contribution in [-0.2, 0) is 14.8 Å². The zero-order valence-corrected chi connectivity index (χ0v) is 17.7. The predicted molar refractivity (Wildman–Crippen MR) is 112 cm³/mol. The van der Waals surface area contributed by atoms with Gasteiger partial charge < -0.3 is 5.32 Å². The summed E-state index contributed by atoms with van der Waals surface area (Å²) in [4.78, 5) is 12.8. The summed E-state index contributed by atoms with van der Waals surface area (Å²) in [6.07, 6.45) is 4.05. The van der Waals surface area contributed by atoms with Crippen LogP contribution < -0.4 is 9.62 Å². The van der Waals surface area contributed by atoms with Gasteiger partial charge in [0.05, 0.1) is 10.6 Å². The molecule has 1 aliphatic rings. The number of hydrogen-bond donors (Lipinski definition) is 1. The van der Waals surface area contributed by atoms with E-state index < -0.39 is 10.0 Å². The van der Waals surface area contributed by atoms with Gasteiger partial charge in [-0.05, 0) is 56.5 Å². The number of rotatable bonds is 6. The van der Waals surface area contributed by atoms with Crippen LogP contribution in [-0.4, -0.2) is 26.9 Å². The fourth-order valence-electron chi connectivity index (χ4n) is 3.36. The van der Waals surface area contributed by atoms with Gasteiger partial charge in [-0.2, -0.15) is 0 Å². The second-order valence-corrected chi connectivity index (χ2v) is 9.58. The van der Waals surface area contributed by atoms with Gasteiger partial charge in [0.2, 0.25) is 5.91 Å². The normalized spacial score (nSPS) is 14.8. The van der Waals surface area contributed by atoms with Gasteiger partial charge in [-0.15, -0.1) is 0 Å². The van der Waals surface area contributed by atoms with E-state index in [9.17, 15) is 13.2 Å². The third-order valence-corrected chi connectivity index (χ3v) is 7.26. The molecule has 2 aromatic rings. The van der Waals surface area contributed by atoms with Gasteiger partial charge >= 0.3 is 0 Å². The first kappa shape index (κ1) is 20.7. The minimum Gasteiger partial charge on any atom is -0.352 e. The molecule has 0 saturated heterocycles. The molecule has 0 heterocycles. The second-order valence-electron chi connectivity index (χ2n) is 7.31. The fourth-order valence-corrected chi connectivity index (χ4v) is 4.95. The molecule has 0 spiro atoms. The Morgan fingerprint density at radius 1 is 1.11 bits per heavy atom. The van der Waals surface area contributed by atoms with Crippen LogP contribution in [0.4, 0.5) is 5.69 Å². The summed E-state index contributed by atoms with van der Waals surface area (Å²) < 4.78 is 27.8. The van der Waals surface area contributed by atoms with Crippen LogP contribution >= 0.6 is 11.6 Å². The van der Waals surface area contributed by atoms with Crippen molar-refractivity contribution in [2.24, 2.45) is 0 Å². The number of sulfonamides is 1. The van der Waals surface area contributed by atoms with E-state index in [0.29, 0.717) is 10.7 Å². The van der Waals surface area contributed by atoms with Crippen molar-refractivity contribution < 1.29 is 13.2 Å². The molecule has 1 aliphatic carbocycles. The molecule has 0 radical (unpaired) electrons. The molecule has 0 aromatic heterocycles. The molecule has 2 aromatic carbocycles. The minimum atomic E-state index is -3.92. The highest BCUT2D eigenvalue weighted by atomic mass is 35.5. The molecule has 1 amide bonds. The number of aryl methyl sites for hydroxylation is 2. The molecule has 0 bridgehead atoms. The molecular weight excluding hydrogens is 396 g/mol. The number of nitrogens with one attached hydrogen (secondary N) is 1. The number of nitrogens with zero attached hydrogens (tertiary/aromatic N) is 1. The predicted octanol–water partition coefficient (Wildman–Crippen LogP) is 4.21. The lowest BCUT2D eigenvalue weighted by Crippen LogP contribution is -2.43. The van der Waals surface area contributed by atoms with Crippen LogP contribution in [0.2, 0.25) is 5.02 Å². The maximum Gasteiger partial charge on any atom is 0.264 e. The van der Waals surface area contributed by atoms with Gasteiger partial charge in [0.25, 0.3) is 10.0 Å². The lowest BCUT2D eigenvalue weighted by molar-refractivity contribution is -0.120. The van der Waals surface area contributed by atoms with Crippen molar-refractivity contribution in [1.29, 1.82) is 0 Å². The molecule has 1 N–H and O–H groups in total. The quantitative estimate of drug-likeness (QED) is 0.761. The van der Waals surface area contributed by atoms with Gasteiger partial charge in [0.15, 0.2) is 0 Å². The van der Waals surface area contributed by atoms with Crippen LogP contribution in [0.3, 0.4) is 0 Å². The Hall–Kier alpha value is -2.05. The Bertz CT molecular complexity index is 952. The third kappa shape index (κ3) is 4.67. The standard InChI is InChI=1S/C21H25ClN2O3S/c1-15-7-11-19(12-8-15)28(26,27)24(18-10-9-16(2)20(22)13-18)14-21(25)23-17-5-3-4-6-17/h7-13,17H,3-6,14H2,1-2H3,(H,23,25). The molecule has 5 nitrogen and oxygen atoms in total. The molecule has 150 valence electrons. The monoisotopic (exact) mass is 420 g/mol. The molecule has 7 heteroatoms. The van der Waals surface area contributed by atoms with Crippen LogP contribution in [0.5, 0.6) is 0 Å². The Balaban J connectivity index is 1.94. The average Bonchev–Trinajstić information content (AvgIpc) is 3.15. The molecule has 3 rings (SSSR count).